The number of carbonyl (C=O) groups is 1. The van der Waals surface area contributed by atoms with Crippen molar-refractivity contribution in [3.8, 4) is 22.9 Å². The number of aromatic nitrogens is 2. The molecule has 0 fully saturated rings. The molecule has 0 spiro atoms. The predicted octanol–water partition coefficient (Wildman–Crippen LogP) is 2.82. The van der Waals surface area contributed by atoms with E-state index in [2.05, 4.69) is 10.4 Å². The smallest absolute Gasteiger partial charge is 0.280 e. The Labute approximate surface area is 167 Å². The van der Waals surface area contributed by atoms with Crippen LogP contribution in [0.3, 0.4) is 0 Å². The first-order valence-corrected chi connectivity index (χ1v) is 8.75. The minimum absolute atomic E-state index is 0.0365. The maximum Gasteiger partial charge on any atom is 0.280 e. The number of anilines is 1. The molecule has 0 aliphatic heterocycles. The van der Waals surface area contributed by atoms with E-state index in [1.54, 1.807) is 30.3 Å². The van der Waals surface area contributed by atoms with Gasteiger partial charge in [0, 0.05) is 6.07 Å². The zero-order valence-electron chi connectivity index (χ0n) is 16.6. The summed E-state index contributed by atoms with van der Waals surface area (Å²) in [7, 11) is 4.40. The molecule has 2 aromatic carbocycles. The van der Waals surface area contributed by atoms with Gasteiger partial charge in [0.1, 0.15) is 11.5 Å². The fourth-order valence-corrected chi connectivity index (χ4v) is 2.71. The van der Waals surface area contributed by atoms with Crippen molar-refractivity contribution < 1.29 is 19.0 Å². The van der Waals surface area contributed by atoms with Crippen LogP contribution in [0.2, 0.25) is 0 Å². The van der Waals surface area contributed by atoms with Crippen molar-refractivity contribution in [3.05, 3.63) is 70.1 Å². The fourth-order valence-electron chi connectivity index (χ4n) is 2.71. The zero-order chi connectivity index (χ0) is 21.0. The van der Waals surface area contributed by atoms with E-state index < -0.39 is 11.5 Å². The number of methoxy groups -OCH3 is 3. The van der Waals surface area contributed by atoms with Crippen molar-refractivity contribution in [2.24, 2.45) is 0 Å². The molecule has 0 aliphatic rings. The maximum atomic E-state index is 12.9. The van der Waals surface area contributed by atoms with Crippen LogP contribution in [-0.4, -0.2) is 37.0 Å². The molecule has 0 saturated carbocycles. The van der Waals surface area contributed by atoms with Crippen LogP contribution < -0.4 is 25.1 Å². The van der Waals surface area contributed by atoms with Crippen LogP contribution in [-0.2, 0) is 0 Å². The monoisotopic (exact) mass is 395 g/mol. The van der Waals surface area contributed by atoms with E-state index >= 15 is 0 Å². The first kappa shape index (κ1) is 19.9. The molecule has 0 aliphatic carbocycles. The van der Waals surface area contributed by atoms with Crippen LogP contribution in [0, 0.1) is 6.92 Å². The summed E-state index contributed by atoms with van der Waals surface area (Å²) in [5.74, 6) is 0.529. The van der Waals surface area contributed by atoms with E-state index in [-0.39, 0.29) is 11.4 Å². The van der Waals surface area contributed by atoms with Gasteiger partial charge in [0.15, 0.2) is 11.4 Å². The zero-order valence-corrected chi connectivity index (χ0v) is 16.6. The highest BCUT2D eigenvalue weighted by Crippen LogP contribution is 2.29. The lowest BCUT2D eigenvalue weighted by Crippen LogP contribution is -2.26. The summed E-state index contributed by atoms with van der Waals surface area (Å²) < 4.78 is 16.8. The van der Waals surface area contributed by atoms with E-state index in [1.807, 2.05) is 19.1 Å². The molecule has 0 unspecified atom stereocenters. The molecule has 8 nitrogen and oxygen atoms in total. The second-order valence-electron chi connectivity index (χ2n) is 6.17. The van der Waals surface area contributed by atoms with E-state index in [0.29, 0.717) is 22.9 Å². The second kappa shape index (κ2) is 8.47. The normalized spacial score (nSPS) is 10.3. The SMILES string of the molecule is COc1ccc(NC(=O)c2nn(-c3ccc(C)cc3)c(=O)cc2OC)c(OC)c1. The number of nitrogens with one attached hydrogen (secondary N) is 1. The number of carbonyl (C=O) groups excluding carboxylic acids is 1. The molecule has 29 heavy (non-hydrogen) atoms. The van der Waals surface area contributed by atoms with Gasteiger partial charge in [-0.1, -0.05) is 17.7 Å². The van der Waals surface area contributed by atoms with Gasteiger partial charge in [-0.25, -0.2) is 0 Å². The van der Waals surface area contributed by atoms with Crippen molar-refractivity contribution in [2.75, 3.05) is 26.6 Å². The Kier molecular flexibility index (Phi) is 5.82. The average Bonchev–Trinajstić information content (AvgIpc) is 2.74. The Morgan fingerprint density at radius 3 is 2.24 bits per heavy atom. The third kappa shape index (κ3) is 4.21. The quantitative estimate of drug-likeness (QED) is 0.690. The summed E-state index contributed by atoms with van der Waals surface area (Å²) in [4.78, 5) is 25.4. The summed E-state index contributed by atoms with van der Waals surface area (Å²) in [5, 5.41) is 6.96. The molecule has 1 N–H and O–H groups in total. The standard InChI is InChI=1S/C21H21N3O5/c1-13-5-7-14(8-6-13)24-19(25)12-18(29-4)20(23-24)21(26)22-16-10-9-15(27-2)11-17(16)28-3/h5-12H,1-4H3,(H,22,26). The highest BCUT2D eigenvalue weighted by atomic mass is 16.5. The lowest BCUT2D eigenvalue weighted by molar-refractivity contribution is 0.101. The summed E-state index contributed by atoms with van der Waals surface area (Å²) in [6.07, 6.45) is 0. The number of ether oxygens (including phenoxy) is 3. The molecule has 1 heterocycles. The van der Waals surface area contributed by atoms with E-state index in [4.69, 9.17) is 14.2 Å². The van der Waals surface area contributed by atoms with Crippen LogP contribution in [0.25, 0.3) is 5.69 Å². The molecule has 0 saturated heterocycles. The Morgan fingerprint density at radius 2 is 1.62 bits per heavy atom. The molecule has 8 heteroatoms. The Bertz CT molecular complexity index is 1090. The van der Waals surface area contributed by atoms with Gasteiger partial charge >= 0.3 is 0 Å². The van der Waals surface area contributed by atoms with E-state index in [0.717, 1.165) is 10.2 Å². The van der Waals surface area contributed by atoms with Gasteiger partial charge < -0.3 is 19.5 Å². The van der Waals surface area contributed by atoms with Crippen molar-refractivity contribution >= 4 is 11.6 Å². The molecular formula is C21H21N3O5. The number of hydrogen-bond donors (Lipinski definition) is 1. The third-order valence-electron chi connectivity index (χ3n) is 4.27. The average molecular weight is 395 g/mol. The first-order valence-electron chi connectivity index (χ1n) is 8.75. The lowest BCUT2D eigenvalue weighted by Gasteiger charge is -2.14. The minimum atomic E-state index is -0.550. The Balaban J connectivity index is 2.01. The molecule has 150 valence electrons. The van der Waals surface area contributed by atoms with Crippen LogP contribution in [0.4, 0.5) is 5.69 Å². The van der Waals surface area contributed by atoms with Gasteiger partial charge in [0.2, 0.25) is 0 Å². The highest BCUT2D eigenvalue weighted by molar-refractivity contribution is 6.05. The maximum absolute atomic E-state index is 12.9. The van der Waals surface area contributed by atoms with Crippen molar-refractivity contribution in [1.29, 1.82) is 0 Å². The third-order valence-corrected chi connectivity index (χ3v) is 4.27. The van der Waals surface area contributed by atoms with E-state index in [9.17, 15) is 9.59 Å². The molecule has 3 aromatic rings. The van der Waals surface area contributed by atoms with Gasteiger partial charge in [0.05, 0.1) is 38.8 Å². The first-order chi connectivity index (χ1) is 14.0. The highest BCUT2D eigenvalue weighted by Gasteiger charge is 2.19. The summed E-state index contributed by atoms with van der Waals surface area (Å²) >= 11 is 0. The van der Waals surface area contributed by atoms with Crippen LogP contribution in [0.1, 0.15) is 16.1 Å². The van der Waals surface area contributed by atoms with Gasteiger partial charge in [0.25, 0.3) is 11.5 Å². The van der Waals surface area contributed by atoms with Gasteiger partial charge in [-0.3, -0.25) is 9.59 Å². The fraction of sp³-hybridized carbons (Fsp3) is 0.190. The molecule has 0 bridgehead atoms. The van der Waals surface area contributed by atoms with Crippen LogP contribution >= 0.6 is 0 Å². The van der Waals surface area contributed by atoms with Crippen molar-refractivity contribution in [2.45, 2.75) is 6.92 Å². The van der Waals surface area contributed by atoms with Crippen molar-refractivity contribution in [3.63, 3.8) is 0 Å². The van der Waals surface area contributed by atoms with Crippen molar-refractivity contribution in [1.82, 2.24) is 9.78 Å². The summed E-state index contributed by atoms with van der Waals surface area (Å²) in [6.45, 7) is 1.94. The minimum Gasteiger partial charge on any atom is -0.497 e. The summed E-state index contributed by atoms with van der Waals surface area (Å²) in [6, 6.07) is 13.4. The molecule has 1 aromatic heterocycles. The van der Waals surface area contributed by atoms with Gasteiger partial charge in [-0.2, -0.15) is 9.78 Å². The lowest BCUT2D eigenvalue weighted by atomic mass is 10.2. The Hall–Kier alpha value is -3.81. The number of aryl methyl sites for hydroxylation is 1. The molecule has 3 rings (SSSR count). The van der Waals surface area contributed by atoms with Gasteiger partial charge in [-0.15, -0.1) is 0 Å². The molecular weight excluding hydrogens is 374 g/mol. The molecule has 1 amide bonds. The van der Waals surface area contributed by atoms with E-state index in [1.165, 1.54) is 27.4 Å². The summed E-state index contributed by atoms with van der Waals surface area (Å²) in [5.41, 5.74) is 1.56. The Morgan fingerprint density at radius 1 is 0.931 bits per heavy atom. The largest absolute Gasteiger partial charge is 0.497 e. The topological polar surface area (TPSA) is 91.7 Å². The van der Waals surface area contributed by atoms with Crippen LogP contribution in [0.5, 0.6) is 17.2 Å². The number of nitrogens with zero attached hydrogens (tertiary/aromatic N) is 2. The van der Waals surface area contributed by atoms with Gasteiger partial charge in [-0.05, 0) is 31.2 Å². The number of rotatable bonds is 6. The second-order valence-corrected chi connectivity index (χ2v) is 6.17. The molecule has 0 radical (unpaired) electrons. The number of benzene rings is 2. The number of amides is 1. The predicted molar refractivity (Wildman–Crippen MR) is 109 cm³/mol. The number of hydrogen-bond acceptors (Lipinski definition) is 6. The van der Waals surface area contributed by atoms with Crippen LogP contribution in [0.15, 0.2) is 53.3 Å². The molecule has 0 atom stereocenters.